The zero-order valence-electron chi connectivity index (χ0n) is 13.7. The van der Waals surface area contributed by atoms with Crippen molar-refractivity contribution < 1.29 is 4.79 Å². The van der Waals surface area contributed by atoms with Crippen LogP contribution in [0, 0.1) is 6.92 Å². The number of amides is 1. The summed E-state index contributed by atoms with van der Waals surface area (Å²) in [4.78, 5) is 20.1. The van der Waals surface area contributed by atoms with Crippen molar-refractivity contribution in [1.82, 2.24) is 20.2 Å². The third-order valence-electron chi connectivity index (χ3n) is 4.80. The Morgan fingerprint density at radius 3 is 2.74 bits per heavy atom. The molecule has 0 saturated heterocycles. The Hall–Kier alpha value is -2.63. The lowest BCUT2D eigenvalue weighted by atomic mass is 9.86. The number of anilines is 1. The van der Waals surface area contributed by atoms with Gasteiger partial charge in [-0.05, 0) is 44.9 Å². The molecular weight excluding hydrogens is 290 g/mol. The summed E-state index contributed by atoms with van der Waals surface area (Å²) in [5, 5.41) is 10.4. The number of imidazole rings is 1. The van der Waals surface area contributed by atoms with Gasteiger partial charge in [0, 0.05) is 16.9 Å². The highest BCUT2D eigenvalue weighted by Crippen LogP contribution is 2.39. The zero-order chi connectivity index (χ0) is 16.4. The van der Waals surface area contributed by atoms with Crippen molar-refractivity contribution in [1.29, 1.82) is 0 Å². The van der Waals surface area contributed by atoms with E-state index in [1.54, 1.807) is 0 Å². The number of rotatable bonds is 2. The van der Waals surface area contributed by atoms with E-state index in [1.165, 1.54) is 0 Å². The maximum absolute atomic E-state index is 12.1. The number of aromatic amines is 2. The Morgan fingerprint density at radius 1 is 1.26 bits per heavy atom. The molecule has 0 atom stereocenters. The molecule has 1 amide bonds. The minimum absolute atomic E-state index is 0.0242. The molecule has 2 aromatic heterocycles. The molecule has 0 fully saturated rings. The Morgan fingerprint density at radius 2 is 2.04 bits per heavy atom. The van der Waals surface area contributed by atoms with Gasteiger partial charge in [0.05, 0.1) is 16.4 Å². The molecule has 0 saturated carbocycles. The predicted molar refractivity (Wildman–Crippen MR) is 89.4 cm³/mol. The second-order valence-electron chi connectivity index (χ2n) is 6.61. The van der Waals surface area contributed by atoms with Crippen LogP contribution in [0.15, 0.2) is 12.1 Å². The minimum atomic E-state index is -0.521. The summed E-state index contributed by atoms with van der Waals surface area (Å²) >= 11 is 0. The molecule has 0 radical (unpaired) electrons. The number of benzene rings is 1. The topological polar surface area (TPSA) is 86.5 Å². The highest BCUT2D eigenvalue weighted by molar-refractivity contribution is 6.07. The number of carbonyl (C=O) groups excluding carboxylic acids is 1. The maximum atomic E-state index is 12.1. The van der Waals surface area contributed by atoms with Crippen molar-refractivity contribution in [3.63, 3.8) is 0 Å². The van der Waals surface area contributed by atoms with Crippen molar-refractivity contribution in [3.8, 4) is 11.5 Å². The zero-order valence-corrected chi connectivity index (χ0v) is 13.7. The molecule has 4 rings (SSSR count). The second kappa shape index (κ2) is 4.44. The third-order valence-corrected chi connectivity index (χ3v) is 4.80. The van der Waals surface area contributed by atoms with Gasteiger partial charge in [-0.2, -0.15) is 5.10 Å². The number of fused-ring (bicyclic) bond motifs is 2. The van der Waals surface area contributed by atoms with Crippen molar-refractivity contribution in [2.45, 2.75) is 39.5 Å². The van der Waals surface area contributed by atoms with Gasteiger partial charge in [-0.3, -0.25) is 9.89 Å². The summed E-state index contributed by atoms with van der Waals surface area (Å²) in [5.74, 6) is 0.775. The Labute approximate surface area is 133 Å². The maximum Gasteiger partial charge on any atom is 0.234 e. The van der Waals surface area contributed by atoms with Crippen LogP contribution in [0.2, 0.25) is 0 Å². The lowest BCUT2D eigenvalue weighted by molar-refractivity contribution is -0.119. The van der Waals surface area contributed by atoms with Crippen LogP contribution < -0.4 is 5.32 Å². The van der Waals surface area contributed by atoms with Crippen LogP contribution in [0.3, 0.4) is 0 Å². The molecule has 3 N–H and O–H groups in total. The molecule has 0 bridgehead atoms. The number of nitrogens with one attached hydrogen (secondary N) is 3. The van der Waals surface area contributed by atoms with Crippen molar-refractivity contribution in [2.75, 3.05) is 5.32 Å². The normalized spacial score (nSPS) is 15.9. The fourth-order valence-corrected chi connectivity index (χ4v) is 3.20. The first-order valence-corrected chi connectivity index (χ1v) is 7.81. The van der Waals surface area contributed by atoms with Crippen molar-refractivity contribution in [2.24, 2.45) is 0 Å². The fraction of sp³-hybridized carbons (Fsp3) is 0.353. The van der Waals surface area contributed by atoms with E-state index >= 15 is 0 Å². The number of carbonyl (C=O) groups is 1. The largest absolute Gasteiger partial charge is 0.337 e. The highest BCUT2D eigenvalue weighted by atomic mass is 16.2. The number of aromatic nitrogens is 4. The first kappa shape index (κ1) is 14.0. The summed E-state index contributed by atoms with van der Waals surface area (Å²) in [5.41, 5.74) is 6.16. The number of H-pyrrole nitrogens is 2. The van der Waals surface area contributed by atoms with Gasteiger partial charge in [0.25, 0.3) is 0 Å². The van der Waals surface area contributed by atoms with E-state index in [-0.39, 0.29) is 5.91 Å². The molecule has 1 aliphatic rings. The van der Waals surface area contributed by atoms with Gasteiger partial charge in [-0.1, -0.05) is 6.92 Å². The van der Waals surface area contributed by atoms with Crippen molar-refractivity contribution in [3.05, 3.63) is 29.0 Å². The van der Waals surface area contributed by atoms with Gasteiger partial charge in [-0.25, -0.2) is 4.98 Å². The van der Waals surface area contributed by atoms with E-state index in [0.717, 1.165) is 51.5 Å². The monoisotopic (exact) mass is 309 g/mol. The van der Waals surface area contributed by atoms with Crippen LogP contribution in [0.5, 0.6) is 0 Å². The van der Waals surface area contributed by atoms with Crippen molar-refractivity contribution >= 4 is 22.6 Å². The minimum Gasteiger partial charge on any atom is -0.337 e. The highest BCUT2D eigenvalue weighted by Gasteiger charge is 2.38. The summed E-state index contributed by atoms with van der Waals surface area (Å²) in [6.45, 7) is 8.01. The molecule has 6 nitrogen and oxygen atoms in total. The summed E-state index contributed by atoms with van der Waals surface area (Å²) < 4.78 is 0. The first-order chi connectivity index (χ1) is 10.9. The Kier molecular flexibility index (Phi) is 2.70. The van der Waals surface area contributed by atoms with Gasteiger partial charge >= 0.3 is 0 Å². The quantitative estimate of drug-likeness (QED) is 0.680. The molecule has 118 valence electrons. The predicted octanol–water partition coefficient (Wildman–Crippen LogP) is 3.05. The second-order valence-corrected chi connectivity index (χ2v) is 6.61. The Balaban J connectivity index is 1.87. The standard InChI is InChI=1S/C17H19N5O/c1-5-10-8(2)14(22-21-10)15-18-12-6-9-11(7-13(12)19-15)20-16(23)17(9,3)4/h6-7H,5H2,1-4H3,(H,18,19)(H,20,23)(H,21,22). The number of nitrogens with zero attached hydrogens (tertiary/aromatic N) is 2. The third kappa shape index (κ3) is 1.84. The molecule has 0 aliphatic carbocycles. The molecule has 3 aromatic rings. The van der Waals surface area contributed by atoms with E-state index in [4.69, 9.17) is 0 Å². The molecular formula is C17H19N5O. The summed E-state index contributed by atoms with van der Waals surface area (Å²) in [6.07, 6.45) is 0.910. The summed E-state index contributed by atoms with van der Waals surface area (Å²) in [6, 6.07) is 3.95. The lowest BCUT2D eigenvalue weighted by Crippen LogP contribution is -2.26. The average molecular weight is 309 g/mol. The molecule has 1 aromatic carbocycles. The van der Waals surface area contributed by atoms with E-state index in [9.17, 15) is 4.79 Å². The molecule has 6 heteroatoms. The average Bonchev–Trinajstić information content (AvgIpc) is 3.13. The fourth-order valence-electron chi connectivity index (χ4n) is 3.20. The van der Waals surface area contributed by atoms with Crippen LogP contribution in [-0.4, -0.2) is 26.1 Å². The van der Waals surface area contributed by atoms with E-state index in [0.29, 0.717) is 0 Å². The van der Waals surface area contributed by atoms with Gasteiger partial charge < -0.3 is 10.3 Å². The number of hydrogen-bond donors (Lipinski definition) is 3. The number of hydrogen-bond acceptors (Lipinski definition) is 3. The van der Waals surface area contributed by atoms with E-state index < -0.39 is 5.41 Å². The number of aryl methyl sites for hydroxylation is 1. The SMILES string of the molecule is CCc1[nH]nc(-c2nc3cc4c(cc3[nH]2)C(C)(C)C(=O)N4)c1C. The van der Waals surface area contributed by atoms with E-state index in [1.807, 2.05) is 32.9 Å². The Bertz CT molecular complexity index is 947. The lowest BCUT2D eigenvalue weighted by Gasteiger charge is -2.14. The summed E-state index contributed by atoms with van der Waals surface area (Å²) in [7, 11) is 0. The van der Waals surface area contributed by atoms with Gasteiger partial charge in [0.1, 0.15) is 5.69 Å². The first-order valence-electron chi connectivity index (χ1n) is 7.81. The molecule has 3 heterocycles. The van der Waals surface area contributed by atoms with Gasteiger partial charge in [0.2, 0.25) is 5.91 Å². The smallest absolute Gasteiger partial charge is 0.234 e. The molecule has 23 heavy (non-hydrogen) atoms. The molecule has 1 aliphatic heterocycles. The van der Waals surface area contributed by atoms with Crippen LogP contribution in [0.4, 0.5) is 5.69 Å². The molecule has 0 unspecified atom stereocenters. The molecule has 0 spiro atoms. The van der Waals surface area contributed by atoms with E-state index in [2.05, 4.69) is 32.4 Å². The van der Waals surface area contributed by atoms with Gasteiger partial charge in [0.15, 0.2) is 5.82 Å². The van der Waals surface area contributed by atoms with Gasteiger partial charge in [-0.15, -0.1) is 0 Å². The van der Waals surface area contributed by atoms with Crippen LogP contribution in [0.1, 0.15) is 37.6 Å². The van der Waals surface area contributed by atoms with Crippen LogP contribution in [-0.2, 0) is 16.6 Å². The van der Waals surface area contributed by atoms with Crippen LogP contribution >= 0.6 is 0 Å². The van der Waals surface area contributed by atoms with Crippen LogP contribution in [0.25, 0.3) is 22.6 Å².